The van der Waals surface area contributed by atoms with Crippen molar-refractivity contribution in [3.8, 4) is 11.5 Å². The van der Waals surface area contributed by atoms with Crippen molar-refractivity contribution in [2.75, 3.05) is 52.3 Å². The number of aromatic nitrogens is 8. The van der Waals surface area contributed by atoms with Gasteiger partial charge in [-0.25, -0.2) is 37.3 Å². The molecule has 0 atom stereocenters. The number of allylic oxidation sites excluding steroid dienone is 4. The van der Waals surface area contributed by atoms with Gasteiger partial charge in [0.15, 0.2) is 28.8 Å². The Kier molecular flexibility index (Phi) is 46.5. The number of amides is 4. The molecule has 13 rings (SSSR count). The van der Waals surface area contributed by atoms with E-state index in [1.807, 2.05) is 132 Å². The number of halogens is 3. The van der Waals surface area contributed by atoms with Gasteiger partial charge in [-0.3, -0.25) is 29.1 Å². The topological polar surface area (TPSA) is 388 Å². The van der Waals surface area contributed by atoms with Gasteiger partial charge in [-0.05, 0) is 216 Å². The molecule has 754 valence electrons. The van der Waals surface area contributed by atoms with Crippen LogP contribution in [0, 0.1) is 39.3 Å². The molecule has 3 aromatic carbocycles. The molecule has 32 nitrogen and oxygen atoms in total. The largest absolute Gasteiger partial charge is 1.00 e. The minimum atomic E-state index is -1.02. The monoisotopic (exact) mass is 2010 g/mol. The molecule has 6 aromatic heterocycles. The number of H-pyrrole nitrogens is 2. The number of aryl methyl sites for hydroxylation is 3. The summed E-state index contributed by atoms with van der Waals surface area (Å²) in [6.45, 7) is 59.0. The first-order valence-corrected chi connectivity index (χ1v) is 46.5. The van der Waals surface area contributed by atoms with E-state index < -0.39 is 33.9 Å². The van der Waals surface area contributed by atoms with E-state index in [1.165, 1.54) is 29.8 Å². The smallest absolute Gasteiger partial charge is 0.855 e. The number of rotatable bonds is 14. The Morgan fingerprint density at radius 1 is 0.493 bits per heavy atom. The van der Waals surface area contributed by atoms with Gasteiger partial charge in [-0.15, -0.1) is 6.61 Å². The number of hydrogen-bond donors (Lipinski definition) is 2. The van der Waals surface area contributed by atoms with Crippen LogP contribution in [0.4, 0.5) is 23.2 Å². The first-order valence-electron chi connectivity index (χ1n) is 45.4. The summed E-state index contributed by atoms with van der Waals surface area (Å²) in [6.07, 6.45) is 15.0. The minimum absolute atomic E-state index is 0. The van der Waals surface area contributed by atoms with Gasteiger partial charge in [0, 0.05) is 110 Å². The molecule has 0 fully saturated rings. The van der Waals surface area contributed by atoms with Crippen molar-refractivity contribution in [1.82, 2.24) is 52.5 Å². The molecule has 0 saturated heterocycles. The van der Waals surface area contributed by atoms with Crippen molar-refractivity contribution in [3.05, 3.63) is 213 Å². The number of ketones is 2. The molecule has 4 aliphatic rings. The standard InChI is InChI=1S/C28H40N3O4.C25H35N3O3.C22H23F2N3O.C20H29N3O2.C3H5BrO.C2H5O.4CO2.Na/c1-10-22-17-29(26(33)35-27(4,5)6)18-28(7,8)25-24(22)30(20(3)31(25)15-19(2)32)16-21-11-13-23(34-9)14-12-21;1-9-19-15-27(23(29)31-24(3,4)5)16-25(6,7)22-21(19)28(17(2)26-22)14-18-10-12-20(30-8)13-11-18;1-5-14-11-26(21(28)15-6-7-16(23)17(24)9-15)12-22(3,4)20-19(14)25-18-8-13(2)10-27(18)20;1-8-14-11-22(18(24)25-19(3,4)5)12-20(6,7)17-16(14)21-15-9-13(2)10-23(15)17;1-3(5)2-4;1-2-3;4*2-1-3;/h11-14,17H,10,15-16,18H2,1-9H3;10-13,15H,9,14,16H2,1-8H3;6-11,25H,5,12H2,1-4H3;9-11,21H,8,12H2,1-7H3;2H2,1H3;2H2,1H3;;;;;/q+1;;;;;-1;;;;;+1. The van der Waals surface area contributed by atoms with Crippen LogP contribution in [0.2, 0.25) is 0 Å². The third-order valence-corrected chi connectivity index (χ3v) is 22.6. The summed E-state index contributed by atoms with van der Waals surface area (Å²) in [4.78, 5) is 158. The molecule has 4 aliphatic heterocycles. The number of nitrogens with one attached hydrogen (secondary N) is 2. The number of methoxy groups -OCH3 is 2. The maximum Gasteiger partial charge on any atom is 1.00 e. The van der Waals surface area contributed by atoms with E-state index in [2.05, 4.69) is 187 Å². The molecule has 0 aliphatic carbocycles. The second-order valence-electron chi connectivity index (χ2n) is 38.9. The summed E-state index contributed by atoms with van der Waals surface area (Å²) in [5, 5.41) is 9.41. The van der Waals surface area contributed by atoms with Crippen LogP contribution < -0.4 is 48.7 Å². The number of fused-ring (bicyclic) bond motifs is 8. The molecular weight excluding hydrogens is 1880 g/mol. The van der Waals surface area contributed by atoms with Crippen molar-refractivity contribution >= 4 is 110 Å². The maximum absolute atomic E-state index is 13.7. The maximum atomic E-state index is 13.7. The number of benzene rings is 3. The summed E-state index contributed by atoms with van der Waals surface area (Å²) in [5.41, 5.74) is 16.9. The second kappa shape index (κ2) is 53.4. The summed E-state index contributed by atoms with van der Waals surface area (Å²) in [6, 6.07) is 23.7. The van der Waals surface area contributed by atoms with Crippen molar-refractivity contribution in [2.45, 2.75) is 278 Å². The molecule has 0 unspecified atom stereocenters. The number of imidazole rings is 4. The Bertz CT molecular complexity index is 6000. The van der Waals surface area contributed by atoms with Gasteiger partial charge >= 0.3 is 72.4 Å². The number of hydrogen-bond acceptors (Lipinski definition) is 21. The SMILES string of the molecule is CC(=O)CBr.CCC1=CN(C(=O)OC(C)(C)C)CC(C)(C)c2c1[n+](Cc1ccc(OC)cc1)c(C)n2CC(C)=O.CCC1=CN(C(=O)OC(C)(C)C)CC(C)(C)c2c1[nH]c1cc(C)cn21.CCC1=CN(C(=O)OC(C)(C)C)CC(C)(C)c2nc(C)n(Cc3ccc(OC)cc3)c21.CCC1=CN(C(=O)c2ccc(F)c(F)c2)CC(C)(C)c2c1[nH]c1cc(C)cn21.CC[O-].O=C=O.O=C=O.O=C=O.O=C=O.[Na+]. The van der Waals surface area contributed by atoms with Crippen molar-refractivity contribution in [3.63, 3.8) is 0 Å². The molecule has 0 radical (unpaired) electrons. The predicted molar refractivity (Wildman–Crippen MR) is 521 cm³/mol. The fourth-order valence-corrected chi connectivity index (χ4v) is 16.4. The zero-order chi connectivity index (χ0) is 106. The van der Waals surface area contributed by atoms with E-state index in [0.29, 0.717) is 44.6 Å². The summed E-state index contributed by atoms with van der Waals surface area (Å²) >= 11 is 2.96. The number of nitrogens with zero attached hydrogens (tertiary/aromatic N) is 10. The third-order valence-electron chi connectivity index (χ3n) is 21.8. The number of alkyl halides is 1. The molecule has 36 heteroatoms. The first kappa shape index (κ1) is 122. The molecular formula is C104H137BrF2N12NaO20+. The Balaban J connectivity index is 0.000000451. The van der Waals surface area contributed by atoms with Gasteiger partial charge in [0.25, 0.3) is 11.7 Å². The van der Waals surface area contributed by atoms with Crippen LogP contribution in [-0.4, -0.2) is 182 Å². The zero-order valence-electron chi connectivity index (χ0n) is 86.9. The third kappa shape index (κ3) is 33.5. The van der Waals surface area contributed by atoms with E-state index >= 15 is 0 Å². The Morgan fingerprint density at radius 3 is 1.20 bits per heavy atom. The molecule has 0 saturated carbocycles. The van der Waals surface area contributed by atoms with Crippen LogP contribution in [-0.2, 0) is 103 Å². The second-order valence-corrected chi connectivity index (χ2v) is 39.5. The van der Waals surface area contributed by atoms with Crippen LogP contribution in [0.5, 0.6) is 11.5 Å². The molecule has 10 heterocycles. The van der Waals surface area contributed by atoms with Crippen LogP contribution in [0.3, 0.4) is 0 Å². The quantitative estimate of drug-likeness (QED) is 0.0442. The fraction of sp³-hybridized carbons (Fsp3) is 0.481. The van der Waals surface area contributed by atoms with Gasteiger partial charge in [-0.2, -0.15) is 38.4 Å². The summed E-state index contributed by atoms with van der Waals surface area (Å²) < 4.78 is 65.6. The first-order chi connectivity index (χ1) is 64.8. The molecule has 140 heavy (non-hydrogen) atoms. The number of aromatic amines is 2. The van der Waals surface area contributed by atoms with Gasteiger partial charge in [-0.1, -0.05) is 130 Å². The summed E-state index contributed by atoms with van der Waals surface area (Å²) in [7, 11) is 3.33. The molecule has 9 aromatic rings. The average molecular weight is 2020 g/mol. The Morgan fingerprint density at radius 2 is 0.843 bits per heavy atom. The van der Waals surface area contributed by atoms with E-state index in [-0.39, 0.29) is 125 Å². The summed E-state index contributed by atoms with van der Waals surface area (Å²) in [5.74, 6) is 1.58. The van der Waals surface area contributed by atoms with Crippen molar-refractivity contribution in [2.24, 2.45) is 0 Å². The fourth-order valence-electron chi connectivity index (χ4n) is 16.4. The number of Topliss-reactive ketones (excluding diaryl/α,β-unsaturated/α-hetero) is 2. The van der Waals surface area contributed by atoms with Crippen LogP contribution >= 0.6 is 15.9 Å². The van der Waals surface area contributed by atoms with Crippen molar-refractivity contribution < 1.29 is 139 Å². The normalized spacial score (nSPS) is 14.2. The van der Waals surface area contributed by atoms with E-state index in [1.54, 1.807) is 47.7 Å². The van der Waals surface area contributed by atoms with E-state index in [4.69, 9.17) is 72.1 Å². The molecule has 0 bridgehead atoms. The predicted octanol–water partition coefficient (Wildman–Crippen LogP) is 15.4. The number of carbonyl (C=O) groups excluding carboxylic acids is 14. The van der Waals surface area contributed by atoms with E-state index in [0.717, 1.165) is 146 Å². The zero-order valence-corrected chi connectivity index (χ0v) is 90.5. The van der Waals surface area contributed by atoms with Crippen LogP contribution in [0.25, 0.3) is 33.6 Å². The Hall–Kier alpha value is -12.3. The van der Waals surface area contributed by atoms with Crippen LogP contribution in [0.1, 0.15) is 282 Å². The molecule has 0 spiro atoms. The molecule has 4 amide bonds. The Labute approximate surface area is 849 Å². The van der Waals surface area contributed by atoms with Crippen LogP contribution in [0.15, 0.2) is 116 Å². The van der Waals surface area contributed by atoms with Gasteiger partial charge in [0.2, 0.25) is 0 Å². The number of carbonyl (C=O) groups is 6. The number of ether oxygens (including phenoxy) is 5. The van der Waals surface area contributed by atoms with Gasteiger partial charge in [0.1, 0.15) is 64.3 Å². The minimum Gasteiger partial charge on any atom is -0.855 e. The van der Waals surface area contributed by atoms with Crippen molar-refractivity contribution in [1.29, 1.82) is 0 Å². The van der Waals surface area contributed by atoms with Gasteiger partial charge < -0.3 is 57.0 Å². The average Bonchev–Trinajstić information content (AvgIpc) is 1.59. The van der Waals surface area contributed by atoms with Gasteiger partial charge in [0.05, 0.1) is 53.7 Å². The molecule has 2 N–H and O–H groups in total. The van der Waals surface area contributed by atoms with E-state index in [9.17, 15) is 37.5 Å².